The first-order valence-electron chi connectivity index (χ1n) is 12.6. The summed E-state index contributed by atoms with van der Waals surface area (Å²) in [6, 6.07) is 10.8. The normalized spacial score (nSPS) is 16.0. The van der Waals surface area contributed by atoms with Crippen LogP contribution in [0.15, 0.2) is 41.3 Å². The number of carbonyl (C=O) groups is 1. The van der Waals surface area contributed by atoms with E-state index in [-0.39, 0.29) is 17.0 Å². The van der Waals surface area contributed by atoms with Crippen molar-refractivity contribution in [2.75, 3.05) is 17.6 Å². The molecule has 1 fully saturated rings. The predicted octanol–water partition coefficient (Wildman–Crippen LogP) is 6.36. The summed E-state index contributed by atoms with van der Waals surface area (Å²) in [5.41, 5.74) is 2.86. The van der Waals surface area contributed by atoms with Gasteiger partial charge in [0.25, 0.3) is 0 Å². The van der Waals surface area contributed by atoms with E-state index in [9.17, 15) is 17.6 Å². The van der Waals surface area contributed by atoms with E-state index in [2.05, 4.69) is 44.3 Å². The molecule has 8 heteroatoms. The van der Waals surface area contributed by atoms with Crippen molar-refractivity contribution in [3.63, 3.8) is 0 Å². The summed E-state index contributed by atoms with van der Waals surface area (Å²) in [5, 5.41) is 3.64. The largest absolute Gasteiger partial charge is 0.351 e. The number of amides is 1. The number of hydrogen-bond acceptors (Lipinski definition) is 4. The summed E-state index contributed by atoms with van der Waals surface area (Å²) in [5.74, 6) is -1.46. The third-order valence-electron chi connectivity index (χ3n) is 6.93. The van der Waals surface area contributed by atoms with Gasteiger partial charge in [-0.05, 0) is 60.1 Å². The van der Waals surface area contributed by atoms with Crippen LogP contribution in [0.4, 0.5) is 10.1 Å². The van der Waals surface area contributed by atoms with Gasteiger partial charge in [-0.1, -0.05) is 58.2 Å². The van der Waals surface area contributed by atoms with Crippen LogP contribution in [-0.4, -0.2) is 32.9 Å². The molecule has 3 rings (SSSR count). The molecule has 0 radical (unpaired) electrons. The third kappa shape index (κ3) is 7.25. The van der Waals surface area contributed by atoms with E-state index in [0.717, 1.165) is 16.1 Å². The molecule has 1 N–H and O–H groups in total. The van der Waals surface area contributed by atoms with Crippen molar-refractivity contribution < 1.29 is 17.6 Å². The van der Waals surface area contributed by atoms with Crippen molar-refractivity contribution >= 4 is 33.4 Å². The first-order chi connectivity index (χ1) is 16.8. The summed E-state index contributed by atoms with van der Waals surface area (Å²) < 4.78 is 39.1. The SMILES string of the molecule is CC(C(=O)NCc1ccc(C(C)(C)C)cc1SC1CCCCC1)c1ccc(N(C)S(C)(=O)=O)c(F)c1. The Labute approximate surface area is 220 Å². The molecule has 5 nitrogen and oxygen atoms in total. The molecule has 1 amide bonds. The zero-order valence-corrected chi connectivity index (χ0v) is 23.9. The van der Waals surface area contributed by atoms with Crippen molar-refractivity contribution in [3.05, 3.63) is 58.9 Å². The Kier molecular flexibility index (Phi) is 9.15. The highest BCUT2D eigenvalue weighted by Gasteiger charge is 2.23. The maximum Gasteiger partial charge on any atom is 0.232 e. The van der Waals surface area contributed by atoms with Crippen LogP contribution in [0.2, 0.25) is 0 Å². The molecule has 2 aromatic rings. The van der Waals surface area contributed by atoms with Crippen molar-refractivity contribution in [1.82, 2.24) is 5.32 Å². The molecule has 0 spiro atoms. The third-order valence-corrected chi connectivity index (χ3v) is 9.56. The molecule has 36 heavy (non-hydrogen) atoms. The topological polar surface area (TPSA) is 66.5 Å². The lowest BCUT2D eigenvalue weighted by Crippen LogP contribution is -2.28. The molecule has 0 aromatic heterocycles. The summed E-state index contributed by atoms with van der Waals surface area (Å²) in [4.78, 5) is 14.2. The molecule has 2 aromatic carbocycles. The zero-order chi connectivity index (χ0) is 26.7. The molecular formula is C28H39FN2O3S2. The van der Waals surface area contributed by atoms with E-state index in [1.807, 2.05) is 11.8 Å². The van der Waals surface area contributed by atoms with Crippen LogP contribution in [0.25, 0.3) is 0 Å². The fourth-order valence-corrected chi connectivity index (χ4v) is 6.27. The van der Waals surface area contributed by atoms with Gasteiger partial charge in [-0.25, -0.2) is 12.8 Å². The predicted molar refractivity (Wildman–Crippen MR) is 148 cm³/mol. The number of hydrogen-bond donors (Lipinski definition) is 1. The summed E-state index contributed by atoms with van der Waals surface area (Å²) in [7, 11) is -2.28. The Morgan fingerprint density at radius 3 is 2.39 bits per heavy atom. The van der Waals surface area contributed by atoms with Gasteiger partial charge in [0, 0.05) is 23.7 Å². The van der Waals surface area contributed by atoms with E-state index >= 15 is 0 Å². The van der Waals surface area contributed by atoms with Gasteiger partial charge in [0.05, 0.1) is 17.9 Å². The molecule has 1 aliphatic rings. The van der Waals surface area contributed by atoms with Gasteiger partial charge in [-0.2, -0.15) is 0 Å². The number of carbonyl (C=O) groups excluding carboxylic acids is 1. The van der Waals surface area contributed by atoms with Gasteiger partial charge in [0.15, 0.2) is 0 Å². The number of thioether (sulfide) groups is 1. The summed E-state index contributed by atoms with van der Waals surface area (Å²) in [6.45, 7) is 8.75. The van der Waals surface area contributed by atoms with E-state index in [1.54, 1.807) is 13.0 Å². The van der Waals surface area contributed by atoms with Gasteiger partial charge in [0.1, 0.15) is 5.82 Å². The van der Waals surface area contributed by atoms with Crippen LogP contribution < -0.4 is 9.62 Å². The minimum absolute atomic E-state index is 0.0412. The first-order valence-corrected chi connectivity index (χ1v) is 15.3. The number of nitrogens with zero attached hydrogens (tertiary/aromatic N) is 1. The molecule has 1 atom stereocenters. The lowest BCUT2D eigenvalue weighted by molar-refractivity contribution is -0.122. The lowest BCUT2D eigenvalue weighted by Gasteiger charge is -2.25. The van der Waals surface area contributed by atoms with Gasteiger partial charge >= 0.3 is 0 Å². The first kappa shape index (κ1) is 28.5. The smallest absolute Gasteiger partial charge is 0.232 e. The molecule has 1 aliphatic carbocycles. The van der Waals surface area contributed by atoms with Crippen molar-refractivity contribution in [2.24, 2.45) is 0 Å². The fraction of sp³-hybridized carbons (Fsp3) is 0.536. The van der Waals surface area contributed by atoms with Crippen LogP contribution in [0.3, 0.4) is 0 Å². The second-order valence-corrected chi connectivity index (χ2v) is 14.2. The Morgan fingerprint density at radius 1 is 1.14 bits per heavy atom. The molecule has 0 bridgehead atoms. The second-order valence-electron chi connectivity index (χ2n) is 10.8. The molecule has 1 unspecified atom stereocenters. The average Bonchev–Trinajstić information content (AvgIpc) is 2.81. The number of sulfonamides is 1. The summed E-state index contributed by atoms with van der Waals surface area (Å²) >= 11 is 1.93. The maximum absolute atomic E-state index is 14.7. The van der Waals surface area contributed by atoms with E-state index in [1.165, 1.54) is 61.7 Å². The number of halogens is 1. The Morgan fingerprint density at radius 2 is 1.81 bits per heavy atom. The second kappa shape index (κ2) is 11.5. The molecule has 198 valence electrons. The number of benzene rings is 2. The highest BCUT2D eigenvalue weighted by Crippen LogP contribution is 2.37. The van der Waals surface area contributed by atoms with E-state index in [4.69, 9.17) is 0 Å². The Hall–Kier alpha value is -2.06. The summed E-state index contributed by atoms with van der Waals surface area (Å²) in [6.07, 6.45) is 7.33. The highest BCUT2D eigenvalue weighted by atomic mass is 32.2. The van der Waals surface area contributed by atoms with Gasteiger partial charge in [0.2, 0.25) is 15.9 Å². The number of anilines is 1. The monoisotopic (exact) mass is 534 g/mol. The van der Waals surface area contributed by atoms with Crippen LogP contribution in [0, 0.1) is 5.82 Å². The minimum atomic E-state index is -3.58. The number of rotatable bonds is 8. The highest BCUT2D eigenvalue weighted by molar-refractivity contribution is 8.00. The quantitative estimate of drug-likeness (QED) is 0.428. The van der Waals surface area contributed by atoms with Crippen molar-refractivity contribution in [2.45, 2.75) is 87.8 Å². The standard InChI is InChI=1S/C28H39FN2O3S2/c1-19(20-13-15-25(24(29)16-20)31(5)36(6,33)34)27(32)30-18-21-12-14-22(28(2,3)4)17-26(21)35-23-10-8-7-9-11-23/h12-17,19,23H,7-11,18H2,1-6H3,(H,30,32). The van der Waals surface area contributed by atoms with E-state index in [0.29, 0.717) is 17.4 Å². The minimum Gasteiger partial charge on any atom is -0.351 e. The molecule has 1 saturated carbocycles. The molecule has 0 saturated heterocycles. The molecule has 0 aliphatic heterocycles. The van der Waals surface area contributed by atoms with Crippen LogP contribution in [-0.2, 0) is 26.8 Å². The van der Waals surface area contributed by atoms with Gasteiger partial charge < -0.3 is 5.32 Å². The van der Waals surface area contributed by atoms with Gasteiger partial charge in [-0.3, -0.25) is 9.10 Å². The fourth-order valence-electron chi connectivity index (χ4n) is 4.35. The average molecular weight is 535 g/mol. The molecule has 0 heterocycles. The lowest BCUT2D eigenvalue weighted by atomic mass is 9.86. The van der Waals surface area contributed by atoms with E-state index < -0.39 is 21.8 Å². The van der Waals surface area contributed by atoms with Crippen LogP contribution >= 0.6 is 11.8 Å². The maximum atomic E-state index is 14.7. The zero-order valence-electron chi connectivity index (χ0n) is 22.2. The Balaban J connectivity index is 1.74. The van der Waals surface area contributed by atoms with Crippen molar-refractivity contribution in [1.29, 1.82) is 0 Å². The Bertz CT molecular complexity index is 1190. The molecular weight excluding hydrogens is 495 g/mol. The van der Waals surface area contributed by atoms with Crippen molar-refractivity contribution in [3.8, 4) is 0 Å². The number of nitrogens with one attached hydrogen (secondary N) is 1. The van der Waals surface area contributed by atoms with Gasteiger partial charge in [-0.15, -0.1) is 11.8 Å². The van der Waals surface area contributed by atoms with Crippen LogP contribution in [0.5, 0.6) is 0 Å². The van der Waals surface area contributed by atoms with Crippen LogP contribution in [0.1, 0.15) is 82.4 Å².